The van der Waals surface area contributed by atoms with Gasteiger partial charge in [0, 0.05) is 16.9 Å². The number of ether oxygens (including phenoxy) is 2. The van der Waals surface area contributed by atoms with Crippen LogP contribution in [-0.2, 0) is 16.7 Å². The number of benzene rings is 3. The van der Waals surface area contributed by atoms with Gasteiger partial charge >= 0.3 is 6.18 Å². The lowest BCUT2D eigenvalue weighted by molar-refractivity contribution is -0.141. The third-order valence-corrected chi connectivity index (χ3v) is 7.97. The van der Waals surface area contributed by atoms with Crippen molar-refractivity contribution < 1.29 is 27.4 Å². The largest absolute Gasteiger partial charge is 0.496 e. The van der Waals surface area contributed by atoms with Crippen molar-refractivity contribution >= 4 is 46.8 Å². The second kappa shape index (κ2) is 12.8. The molecule has 222 valence electrons. The Bertz CT molecular complexity index is 1820. The molecular weight excluding hydrogens is 610 g/mol. The number of hydrogen-bond acceptors (Lipinski definition) is 7. The molecule has 1 fully saturated rings. The first kappa shape index (κ1) is 30.6. The molecular formula is C32H23F3N4O3S2. The molecule has 0 radical (unpaired) electrons. The molecule has 12 heteroatoms. The molecule has 4 aromatic rings. The highest BCUT2D eigenvalue weighted by molar-refractivity contribution is 7.98. The first-order chi connectivity index (χ1) is 21.1. The fraction of sp³-hybridized carbons (Fsp3) is 0.125. The van der Waals surface area contributed by atoms with Crippen molar-refractivity contribution in [1.29, 1.82) is 5.26 Å². The van der Waals surface area contributed by atoms with Crippen LogP contribution >= 0.6 is 24.0 Å². The summed E-state index contributed by atoms with van der Waals surface area (Å²) in [4.78, 5) is 18.5. The van der Waals surface area contributed by atoms with Crippen molar-refractivity contribution in [3.8, 4) is 28.7 Å². The van der Waals surface area contributed by atoms with Gasteiger partial charge in [-0.3, -0.25) is 4.79 Å². The van der Waals surface area contributed by atoms with Crippen LogP contribution in [0.5, 0.6) is 11.5 Å². The van der Waals surface area contributed by atoms with Gasteiger partial charge in [-0.1, -0.05) is 48.5 Å². The van der Waals surface area contributed by atoms with Crippen molar-refractivity contribution in [2.24, 2.45) is 0 Å². The quantitative estimate of drug-likeness (QED) is 0.124. The number of nitriles is 1. The zero-order chi connectivity index (χ0) is 31.4. The van der Waals surface area contributed by atoms with Gasteiger partial charge in [0.1, 0.15) is 34.0 Å². The van der Waals surface area contributed by atoms with Crippen LogP contribution in [0.1, 0.15) is 22.4 Å². The zero-order valence-electron chi connectivity index (χ0n) is 23.3. The number of carbonyl (C=O) groups is 1. The minimum atomic E-state index is -4.71. The van der Waals surface area contributed by atoms with E-state index in [2.05, 4.69) is 10.3 Å². The second-order valence-corrected chi connectivity index (χ2v) is 10.7. The lowest BCUT2D eigenvalue weighted by atomic mass is 10.0. The number of hydrogen-bond donors (Lipinski definition) is 1. The number of halogens is 3. The van der Waals surface area contributed by atoms with Gasteiger partial charge < -0.3 is 14.8 Å². The number of carbonyl (C=O) groups excluding carboxylic acids is 1. The molecule has 0 bridgehead atoms. The topological polar surface area (TPSA) is 87.5 Å². The first-order valence-electron chi connectivity index (χ1n) is 13.0. The number of pyridine rings is 1. The van der Waals surface area contributed by atoms with E-state index in [1.165, 1.54) is 19.1 Å². The van der Waals surface area contributed by atoms with Crippen LogP contribution in [0.15, 0.2) is 89.6 Å². The van der Waals surface area contributed by atoms with Gasteiger partial charge in [-0.15, -0.1) is 11.8 Å². The van der Waals surface area contributed by atoms with Gasteiger partial charge in [0.2, 0.25) is 0 Å². The van der Waals surface area contributed by atoms with E-state index in [9.17, 15) is 23.2 Å². The molecule has 44 heavy (non-hydrogen) atoms. The van der Waals surface area contributed by atoms with Crippen molar-refractivity contribution in [2.45, 2.75) is 17.0 Å². The highest BCUT2D eigenvalue weighted by atomic mass is 32.2. The first-order valence-corrected chi connectivity index (χ1v) is 14.4. The van der Waals surface area contributed by atoms with Crippen LogP contribution in [0.4, 0.5) is 18.9 Å². The van der Waals surface area contributed by atoms with Gasteiger partial charge in [0.05, 0.1) is 25.5 Å². The summed E-state index contributed by atoms with van der Waals surface area (Å²) in [7, 11) is 2.98. The van der Waals surface area contributed by atoms with Gasteiger partial charge in [0.25, 0.3) is 5.91 Å². The summed E-state index contributed by atoms with van der Waals surface area (Å²) >= 11 is 6.42. The smallest absolute Gasteiger partial charge is 0.433 e. The van der Waals surface area contributed by atoms with E-state index in [0.717, 1.165) is 17.8 Å². The summed E-state index contributed by atoms with van der Waals surface area (Å²) in [5, 5.41) is 13.0. The predicted molar refractivity (Wildman–Crippen MR) is 166 cm³/mol. The third kappa shape index (κ3) is 6.24. The summed E-state index contributed by atoms with van der Waals surface area (Å²) in [5.74, 6) is 0.701. The Balaban J connectivity index is 1.47. The minimum Gasteiger partial charge on any atom is -0.496 e. The maximum absolute atomic E-state index is 13.8. The Labute approximate surface area is 260 Å². The predicted octanol–water partition coefficient (Wildman–Crippen LogP) is 7.21. The van der Waals surface area contributed by atoms with Crippen LogP contribution < -0.4 is 19.7 Å². The fourth-order valence-electron chi connectivity index (χ4n) is 4.61. The van der Waals surface area contributed by atoms with Gasteiger partial charge in [-0.2, -0.15) is 18.4 Å². The number of alkyl halides is 3. The Morgan fingerprint density at radius 1 is 1.02 bits per heavy atom. The Morgan fingerprint density at radius 2 is 1.73 bits per heavy atom. The number of thioether (sulfide) groups is 1. The molecule has 5 rings (SSSR count). The van der Waals surface area contributed by atoms with Crippen molar-refractivity contribution in [1.82, 2.24) is 10.3 Å². The molecule has 0 spiro atoms. The van der Waals surface area contributed by atoms with Crippen LogP contribution in [0.25, 0.3) is 17.2 Å². The molecule has 1 aliphatic heterocycles. The number of anilines is 1. The number of rotatable bonds is 8. The summed E-state index contributed by atoms with van der Waals surface area (Å²) in [6, 6.07) is 23.5. The maximum atomic E-state index is 13.8. The van der Waals surface area contributed by atoms with E-state index in [1.807, 2.05) is 6.07 Å². The standard InChI is InChI=1S/C32H23F3N4O3S2/c1-41-26-13-12-19(15-24-30(40)39(31(43)37-24)25-10-6-7-11-27(25)42-2)14-21(26)18-44-29-23(17-36)22(20-8-4-3-5-9-20)16-28(38-29)32(33,34)35/h3-16H,18H2,1-2H3,(H,37,43)/b24-15+. The molecule has 2 heterocycles. The van der Waals surface area contributed by atoms with E-state index in [0.29, 0.717) is 33.9 Å². The lowest BCUT2D eigenvalue weighted by Crippen LogP contribution is -2.30. The average Bonchev–Trinajstić information content (AvgIpc) is 3.30. The van der Waals surface area contributed by atoms with Gasteiger partial charge in [-0.25, -0.2) is 9.88 Å². The normalized spacial score (nSPS) is 14.0. The van der Waals surface area contributed by atoms with Crippen LogP contribution in [-0.4, -0.2) is 30.2 Å². The van der Waals surface area contributed by atoms with E-state index < -0.39 is 11.9 Å². The number of aromatic nitrogens is 1. The molecule has 1 aromatic heterocycles. The van der Waals surface area contributed by atoms with E-state index in [1.54, 1.807) is 78.9 Å². The number of amides is 1. The molecule has 1 aliphatic rings. The van der Waals surface area contributed by atoms with Crippen molar-refractivity contribution in [3.63, 3.8) is 0 Å². The van der Waals surface area contributed by atoms with Crippen molar-refractivity contribution in [3.05, 3.63) is 107 Å². The molecule has 1 amide bonds. The Morgan fingerprint density at radius 3 is 2.41 bits per heavy atom. The summed E-state index contributed by atoms with van der Waals surface area (Å²) in [5.41, 5.74) is 1.51. The van der Waals surface area contributed by atoms with Crippen LogP contribution in [0, 0.1) is 11.3 Å². The minimum absolute atomic E-state index is 0.0390. The zero-order valence-corrected chi connectivity index (χ0v) is 24.9. The molecule has 0 saturated carbocycles. The lowest BCUT2D eigenvalue weighted by Gasteiger charge is -2.17. The molecule has 0 aliphatic carbocycles. The highest BCUT2D eigenvalue weighted by Gasteiger charge is 2.35. The summed E-state index contributed by atoms with van der Waals surface area (Å²) in [6.45, 7) is 0. The van der Waals surface area contributed by atoms with E-state index in [4.69, 9.17) is 21.7 Å². The van der Waals surface area contributed by atoms with Crippen LogP contribution in [0.2, 0.25) is 0 Å². The molecule has 3 aromatic carbocycles. The number of methoxy groups -OCH3 is 2. The molecule has 1 saturated heterocycles. The number of nitrogens with one attached hydrogen (secondary N) is 1. The van der Waals surface area contributed by atoms with Crippen LogP contribution in [0.3, 0.4) is 0 Å². The highest BCUT2D eigenvalue weighted by Crippen LogP contribution is 2.39. The van der Waals surface area contributed by atoms with Gasteiger partial charge in [-0.05, 0) is 59.8 Å². The number of thiocarbonyl (C=S) groups is 1. The molecule has 7 nitrogen and oxygen atoms in total. The number of nitrogens with zero attached hydrogens (tertiary/aromatic N) is 3. The van der Waals surface area contributed by atoms with Crippen molar-refractivity contribution in [2.75, 3.05) is 19.1 Å². The van der Waals surface area contributed by atoms with E-state index >= 15 is 0 Å². The molecule has 1 N–H and O–H groups in total. The average molecular weight is 633 g/mol. The monoisotopic (exact) mass is 632 g/mol. The Kier molecular flexibility index (Phi) is 8.89. The fourth-order valence-corrected chi connectivity index (χ4v) is 5.88. The van der Waals surface area contributed by atoms with Gasteiger partial charge in [0.15, 0.2) is 5.11 Å². The second-order valence-electron chi connectivity index (χ2n) is 9.37. The molecule has 0 unspecified atom stereocenters. The summed E-state index contributed by atoms with van der Waals surface area (Å²) < 4.78 is 52.4. The maximum Gasteiger partial charge on any atom is 0.433 e. The number of para-hydroxylation sites is 2. The third-order valence-electron chi connectivity index (χ3n) is 6.66. The SMILES string of the molecule is COc1ccc(/C=C2/NC(=S)N(c3ccccc3OC)C2=O)cc1CSc1nc(C(F)(F)F)cc(-c2ccccc2)c1C#N. The summed E-state index contributed by atoms with van der Waals surface area (Å²) in [6.07, 6.45) is -3.09. The Hall–Kier alpha value is -4.86. The van der Waals surface area contributed by atoms with E-state index in [-0.39, 0.29) is 38.6 Å². The molecule has 0 atom stereocenters.